The molecular weight excluding hydrogens is 556 g/mol. The zero-order valence-corrected chi connectivity index (χ0v) is 24.6. The SMILES string of the molecule is CN(C)CCCNC(=O)c1cc(NC(=O)c2cc(NC(=O)CCCNc3n[n+]([O-])c4ccccc4[n+]3[O-])cn2C)cn1C. The normalized spacial score (nSPS) is 11.1. The van der Waals surface area contributed by atoms with Crippen molar-refractivity contribution in [1.29, 1.82) is 0 Å². The first-order chi connectivity index (χ1) is 20.5. The molecule has 4 rings (SSSR count). The monoisotopic (exact) mass is 592 g/mol. The summed E-state index contributed by atoms with van der Waals surface area (Å²) < 4.78 is 3.77. The van der Waals surface area contributed by atoms with Crippen LogP contribution in [0.2, 0.25) is 0 Å². The quantitative estimate of drug-likeness (QED) is 0.101. The minimum atomic E-state index is -0.403. The maximum Gasteiger partial charge on any atom is 0.460 e. The van der Waals surface area contributed by atoms with E-state index in [0.717, 1.165) is 13.0 Å². The van der Waals surface area contributed by atoms with Crippen LogP contribution in [-0.4, -0.2) is 70.6 Å². The van der Waals surface area contributed by atoms with E-state index in [4.69, 9.17) is 0 Å². The van der Waals surface area contributed by atoms with Crippen LogP contribution in [-0.2, 0) is 18.9 Å². The fourth-order valence-corrected chi connectivity index (χ4v) is 4.47. The van der Waals surface area contributed by atoms with Crippen molar-refractivity contribution in [2.45, 2.75) is 19.3 Å². The van der Waals surface area contributed by atoms with Crippen LogP contribution in [0.3, 0.4) is 0 Å². The van der Waals surface area contributed by atoms with Crippen LogP contribution in [0.5, 0.6) is 0 Å². The molecule has 0 unspecified atom stereocenters. The average molecular weight is 593 g/mol. The molecule has 0 aliphatic rings. The van der Waals surface area contributed by atoms with Gasteiger partial charge in [-0.2, -0.15) is 0 Å². The summed E-state index contributed by atoms with van der Waals surface area (Å²) in [5, 5.41) is 39.5. The molecular formula is C28H36N10O5. The van der Waals surface area contributed by atoms with Gasteiger partial charge in [-0.05, 0) is 51.7 Å². The van der Waals surface area contributed by atoms with Crippen molar-refractivity contribution in [3.8, 4) is 0 Å². The Kier molecular flexibility index (Phi) is 9.77. The minimum Gasteiger partial charge on any atom is -0.739 e. The number of hydrogen-bond acceptors (Lipinski definition) is 8. The Morgan fingerprint density at radius 2 is 1.51 bits per heavy atom. The summed E-state index contributed by atoms with van der Waals surface area (Å²) in [4.78, 5) is 40.4. The second kappa shape index (κ2) is 13.7. The van der Waals surface area contributed by atoms with Crippen molar-refractivity contribution in [3.63, 3.8) is 0 Å². The number of amides is 3. The first-order valence-corrected chi connectivity index (χ1v) is 13.8. The second-order valence-corrected chi connectivity index (χ2v) is 10.4. The van der Waals surface area contributed by atoms with Crippen LogP contribution in [0.1, 0.15) is 40.2 Å². The van der Waals surface area contributed by atoms with Crippen LogP contribution < -0.4 is 30.8 Å². The topological polar surface area (TPSA) is 179 Å². The van der Waals surface area contributed by atoms with Crippen LogP contribution in [0, 0.1) is 10.4 Å². The number of nitrogens with one attached hydrogen (secondary N) is 4. The standard InChI is InChI=1S/C28H36N10O5/c1-34(2)14-8-13-29-26(40)23-16-20(18-35(23)3)32-27(41)24-15-19(17-36(24)4)31-25(39)11-7-12-30-28-33-38(43)22-10-6-5-9-21(22)37(28)42/h5-6,9-10,15-18H,7-8,11-14H2,1-4H3,(H,29,40)(H,30,33)(H,31,39)(H,32,41). The highest BCUT2D eigenvalue weighted by atomic mass is 16.5. The Morgan fingerprint density at radius 1 is 0.884 bits per heavy atom. The molecule has 0 saturated carbocycles. The molecule has 3 amide bonds. The maximum absolute atomic E-state index is 13.0. The van der Waals surface area contributed by atoms with Gasteiger partial charge in [0, 0.05) is 50.4 Å². The Hall–Kier alpha value is -5.18. The van der Waals surface area contributed by atoms with E-state index in [1.165, 1.54) is 12.1 Å². The van der Waals surface area contributed by atoms with Gasteiger partial charge < -0.3 is 40.4 Å². The van der Waals surface area contributed by atoms with Crippen molar-refractivity contribution in [2.75, 3.05) is 49.7 Å². The number of fused-ring (bicyclic) bond motifs is 1. The third-order valence-electron chi connectivity index (χ3n) is 6.63. The van der Waals surface area contributed by atoms with Crippen molar-refractivity contribution >= 4 is 46.1 Å². The number of rotatable bonds is 13. The number of aromatic nitrogens is 5. The summed E-state index contributed by atoms with van der Waals surface area (Å²) in [6, 6.07) is 9.48. The molecule has 1 aromatic carbocycles. The molecule has 0 aliphatic heterocycles. The van der Waals surface area contributed by atoms with Crippen LogP contribution in [0.4, 0.5) is 17.3 Å². The van der Waals surface area contributed by atoms with Gasteiger partial charge in [0.25, 0.3) is 17.3 Å². The van der Waals surface area contributed by atoms with Gasteiger partial charge in [0.1, 0.15) is 11.4 Å². The summed E-state index contributed by atoms with van der Waals surface area (Å²) >= 11 is 0. The number of aryl methyl sites for hydroxylation is 2. The molecule has 3 aromatic heterocycles. The van der Waals surface area contributed by atoms with E-state index in [9.17, 15) is 24.8 Å². The Balaban J connectivity index is 1.26. The lowest BCUT2D eigenvalue weighted by molar-refractivity contribution is -0.672. The molecule has 0 saturated heterocycles. The number of nitrogens with zero attached hydrogens (tertiary/aromatic N) is 6. The van der Waals surface area contributed by atoms with Crippen LogP contribution in [0.25, 0.3) is 11.0 Å². The van der Waals surface area contributed by atoms with Crippen molar-refractivity contribution in [1.82, 2.24) is 24.4 Å². The van der Waals surface area contributed by atoms with Crippen molar-refractivity contribution in [2.24, 2.45) is 14.1 Å². The van der Waals surface area contributed by atoms with Gasteiger partial charge in [0.2, 0.25) is 11.0 Å². The third-order valence-corrected chi connectivity index (χ3v) is 6.63. The molecule has 228 valence electrons. The molecule has 0 atom stereocenters. The zero-order chi connectivity index (χ0) is 31.1. The lowest BCUT2D eigenvalue weighted by atomic mass is 10.3. The van der Waals surface area contributed by atoms with Gasteiger partial charge in [0.05, 0.1) is 17.9 Å². The molecule has 15 heteroatoms. The van der Waals surface area contributed by atoms with E-state index in [0.29, 0.717) is 45.3 Å². The van der Waals surface area contributed by atoms with Crippen molar-refractivity contribution in [3.05, 3.63) is 70.6 Å². The largest absolute Gasteiger partial charge is 0.739 e. The molecule has 0 spiro atoms. The number of anilines is 3. The molecule has 0 bridgehead atoms. The number of hydrogen-bond donors (Lipinski definition) is 4. The Bertz CT molecular complexity index is 1630. The predicted molar refractivity (Wildman–Crippen MR) is 160 cm³/mol. The zero-order valence-electron chi connectivity index (χ0n) is 24.6. The summed E-state index contributed by atoms with van der Waals surface area (Å²) in [5.74, 6) is -1.07. The fraction of sp³-hybridized carbons (Fsp3) is 0.357. The molecule has 3 heterocycles. The van der Waals surface area contributed by atoms with Gasteiger partial charge >= 0.3 is 5.95 Å². The molecule has 4 N–H and O–H groups in total. The Labute approximate surface area is 248 Å². The predicted octanol–water partition coefficient (Wildman–Crippen LogP) is 0.943. The average Bonchev–Trinajstić information content (AvgIpc) is 3.52. The molecule has 43 heavy (non-hydrogen) atoms. The lowest BCUT2D eigenvalue weighted by Crippen LogP contribution is -2.44. The highest BCUT2D eigenvalue weighted by Crippen LogP contribution is 2.18. The summed E-state index contributed by atoms with van der Waals surface area (Å²) in [5.41, 5.74) is 1.97. The lowest BCUT2D eigenvalue weighted by Gasteiger charge is -2.10. The van der Waals surface area contributed by atoms with Gasteiger partial charge in [-0.15, -0.1) is 0 Å². The molecule has 0 radical (unpaired) electrons. The smallest absolute Gasteiger partial charge is 0.460 e. The summed E-state index contributed by atoms with van der Waals surface area (Å²) in [6.45, 7) is 1.64. The van der Waals surface area contributed by atoms with E-state index in [1.54, 1.807) is 59.9 Å². The molecule has 4 aromatic rings. The number of carbonyl (C=O) groups excluding carboxylic acids is 3. The van der Waals surface area contributed by atoms with E-state index >= 15 is 0 Å². The fourth-order valence-electron chi connectivity index (χ4n) is 4.47. The highest BCUT2D eigenvalue weighted by Gasteiger charge is 2.20. The summed E-state index contributed by atoms with van der Waals surface area (Å²) in [7, 11) is 7.36. The number of benzene rings is 1. The number of para-hydroxylation sites is 2. The van der Waals surface area contributed by atoms with Gasteiger partial charge in [-0.25, -0.2) is 4.73 Å². The minimum absolute atomic E-state index is 0.122. The number of carbonyl (C=O) groups is 3. The third kappa shape index (κ3) is 7.77. The molecule has 15 nitrogen and oxygen atoms in total. The van der Waals surface area contributed by atoms with Gasteiger partial charge in [0.15, 0.2) is 5.52 Å². The summed E-state index contributed by atoms with van der Waals surface area (Å²) in [6.07, 6.45) is 4.58. The van der Waals surface area contributed by atoms with E-state index in [-0.39, 0.29) is 41.8 Å². The maximum atomic E-state index is 13.0. The first kappa shape index (κ1) is 30.8. The Morgan fingerprint density at radius 3 is 2.19 bits per heavy atom. The van der Waals surface area contributed by atoms with Gasteiger partial charge in [-0.3, -0.25) is 19.7 Å². The molecule has 0 fully saturated rings. The van der Waals surface area contributed by atoms with Crippen molar-refractivity contribution < 1.29 is 24.0 Å². The van der Waals surface area contributed by atoms with Crippen LogP contribution >= 0.6 is 0 Å². The second-order valence-electron chi connectivity index (χ2n) is 10.4. The van der Waals surface area contributed by atoms with Crippen LogP contribution in [0.15, 0.2) is 48.8 Å². The molecule has 0 aliphatic carbocycles. The van der Waals surface area contributed by atoms with E-state index in [1.807, 2.05) is 19.0 Å². The van der Waals surface area contributed by atoms with E-state index < -0.39 is 5.91 Å². The first-order valence-electron chi connectivity index (χ1n) is 13.8. The van der Waals surface area contributed by atoms with Gasteiger partial charge in [-0.1, -0.05) is 12.1 Å². The highest BCUT2D eigenvalue weighted by molar-refractivity contribution is 6.05. The van der Waals surface area contributed by atoms with E-state index in [2.05, 4.69) is 26.4 Å².